The van der Waals surface area contributed by atoms with Gasteiger partial charge in [-0.25, -0.2) is 23.9 Å². The van der Waals surface area contributed by atoms with E-state index >= 15 is 0 Å². The molecule has 0 amide bonds. The Labute approximate surface area is 138 Å². The Hall–Kier alpha value is -2.27. The van der Waals surface area contributed by atoms with Gasteiger partial charge in [-0.3, -0.25) is 0 Å². The van der Waals surface area contributed by atoms with Crippen molar-refractivity contribution in [3.05, 3.63) is 80.6 Å². The highest BCUT2D eigenvalue weighted by Gasteiger charge is 2.26. The maximum Gasteiger partial charge on any atom is 0.347 e. The normalized spacial score (nSPS) is 20.0. The van der Waals surface area contributed by atoms with Gasteiger partial charge in [-0.15, -0.1) is 6.58 Å². The molecule has 6 heteroatoms. The summed E-state index contributed by atoms with van der Waals surface area (Å²) in [6.07, 6.45) is 7.46. The molecule has 1 aromatic carbocycles. The molecule has 5 nitrogen and oxygen atoms in total. The fourth-order valence-electron chi connectivity index (χ4n) is 2.99. The molecule has 1 aliphatic carbocycles. The van der Waals surface area contributed by atoms with Crippen LogP contribution in [0.4, 0.5) is 0 Å². The molecule has 2 aromatic rings. The first-order valence-electron chi connectivity index (χ1n) is 7.53. The maximum atomic E-state index is 12.6. The molecule has 120 valence electrons. The van der Waals surface area contributed by atoms with Crippen molar-refractivity contribution in [2.75, 3.05) is 0 Å². The van der Waals surface area contributed by atoms with E-state index in [0.29, 0.717) is 5.02 Å². The van der Waals surface area contributed by atoms with Crippen molar-refractivity contribution >= 4 is 11.6 Å². The van der Waals surface area contributed by atoms with Gasteiger partial charge >= 0.3 is 11.4 Å². The van der Waals surface area contributed by atoms with Gasteiger partial charge in [0.1, 0.15) is 0 Å². The lowest BCUT2D eigenvalue weighted by atomic mass is 10.0. The highest BCUT2D eigenvalue weighted by atomic mass is 35.5. The molecule has 1 N–H and O–H groups in total. The number of rotatable bonds is 5. The van der Waals surface area contributed by atoms with Crippen molar-refractivity contribution < 1.29 is 0 Å². The zero-order valence-corrected chi connectivity index (χ0v) is 13.4. The van der Waals surface area contributed by atoms with Crippen molar-refractivity contribution in [1.82, 2.24) is 14.3 Å². The predicted octanol–water partition coefficient (Wildman–Crippen LogP) is 2.73. The van der Waals surface area contributed by atoms with Crippen LogP contribution in [0.1, 0.15) is 24.4 Å². The Bertz CT molecular complexity index is 842. The maximum absolute atomic E-state index is 12.6. The van der Waals surface area contributed by atoms with Crippen molar-refractivity contribution in [2.24, 2.45) is 5.92 Å². The summed E-state index contributed by atoms with van der Waals surface area (Å²) in [4.78, 5) is 24.8. The Balaban J connectivity index is 1.91. The van der Waals surface area contributed by atoms with Crippen molar-refractivity contribution in [3.63, 3.8) is 0 Å². The number of nitrogens with one attached hydrogen (secondary N) is 1. The van der Waals surface area contributed by atoms with Gasteiger partial charge in [-0.2, -0.15) is 0 Å². The van der Waals surface area contributed by atoms with E-state index in [1.807, 2.05) is 24.3 Å². The van der Waals surface area contributed by atoms with Gasteiger partial charge in [0.05, 0.1) is 12.6 Å². The van der Waals surface area contributed by atoms with Crippen LogP contribution in [-0.2, 0) is 6.54 Å². The topological polar surface area (TPSA) is 59.8 Å². The summed E-state index contributed by atoms with van der Waals surface area (Å²) in [5.74, 6) is 0.187. The molecule has 0 aliphatic heterocycles. The molecule has 3 rings (SSSR count). The summed E-state index contributed by atoms with van der Waals surface area (Å²) in [6.45, 7) is 3.98. The molecule has 2 atom stereocenters. The van der Waals surface area contributed by atoms with Crippen molar-refractivity contribution in [3.8, 4) is 0 Å². The molecular weight excluding hydrogens is 314 g/mol. The van der Waals surface area contributed by atoms with E-state index in [9.17, 15) is 9.59 Å². The first kappa shape index (κ1) is 15.6. The Kier molecular flexibility index (Phi) is 4.39. The number of nitrogens with zero attached hydrogens (tertiary/aromatic N) is 2. The van der Waals surface area contributed by atoms with Crippen LogP contribution in [0.2, 0.25) is 5.02 Å². The number of allylic oxidation sites excluding steroid dienone is 3. The van der Waals surface area contributed by atoms with Crippen molar-refractivity contribution in [2.45, 2.75) is 25.4 Å². The fourth-order valence-corrected chi connectivity index (χ4v) is 3.11. The molecule has 0 bridgehead atoms. The first-order valence-corrected chi connectivity index (χ1v) is 7.91. The van der Waals surface area contributed by atoms with E-state index in [-0.39, 0.29) is 24.2 Å². The molecular formula is C17H18ClN3O2. The van der Waals surface area contributed by atoms with Crippen LogP contribution in [0, 0.1) is 5.92 Å². The zero-order valence-electron chi connectivity index (χ0n) is 12.6. The lowest BCUT2D eigenvalue weighted by Gasteiger charge is -2.17. The second-order valence-corrected chi connectivity index (χ2v) is 6.14. The zero-order chi connectivity index (χ0) is 16.4. The first-order chi connectivity index (χ1) is 11.1. The fraction of sp³-hybridized carbons (Fsp3) is 0.294. The number of hydrogen-bond donors (Lipinski definition) is 1. The van der Waals surface area contributed by atoms with Crippen LogP contribution < -0.4 is 11.4 Å². The van der Waals surface area contributed by atoms with Gasteiger partial charge in [0.2, 0.25) is 0 Å². The minimum Gasteiger partial charge on any atom is -0.246 e. The number of H-pyrrole nitrogens is 1. The van der Waals surface area contributed by atoms with E-state index in [4.69, 9.17) is 11.6 Å². The highest BCUT2D eigenvalue weighted by molar-refractivity contribution is 6.30. The minimum atomic E-state index is -0.394. The molecule has 1 heterocycles. The molecule has 0 spiro atoms. The molecule has 1 aliphatic rings. The minimum absolute atomic E-state index is 0.0559. The van der Waals surface area contributed by atoms with Crippen LogP contribution in [0.3, 0.4) is 0 Å². The van der Waals surface area contributed by atoms with Gasteiger partial charge < -0.3 is 0 Å². The lowest BCUT2D eigenvalue weighted by molar-refractivity contribution is 0.366. The smallest absolute Gasteiger partial charge is 0.246 e. The molecule has 0 saturated heterocycles. The van der Waals surface area contributed by atoms with E-state index in [2.05, 4.69) is 17.8 Å². The third-order valence-corrected chi connectivity index (χ3v) is 4.43. The molecule has 0 saturated carbocycles. The van der Waals surface area contributed by atoms with Gasteiger partial charge in [-0.05, 0) is 30.5 Å². The molecule has 23 heavy (non-hydrogen) atoms. The predicted molar refractivity (Wildman–Crippen MR) is 91.0 cm³/mol. The second-order valence-electron chi connectivity index (χ2n) is 5.70. The lowest BCUT2D eigenvalue weighted by Crippen LogP contribution is -2.32. The number of aromatic nitrogens is 3. The second kappa shape index (κ2) is 6.46. The number of benzene rings is 1. The summed E-state index contributed by atoms with van der Waals surface area (Å²) < 4.78 is 2.67. The Morgan fingerprint density at radius 3 is 2.74 bits per heavy atom. The average Bonchev–Trinajstić information content (AvgIpc) is 3.09. The van der Waals surface area contributed by atoms with Crippen LogP contribution in [0.15, 0.2) is 58.7 Å². The largest absolute Gasteiger partial charge is 0.347 e. The highest BCUT2D eigenvalue weighted by Crippen LogP contribution is 2.30. The van der Waals surface area contributed by atoms with Crippen LogP contribution in [0.25, 0.3) is 0 Å². The van der Waals surface area contributed by atoms with Crippen LogP contribution >= 0.6 is 11.6 Å². The number of hydrogen-bond acceptors (Lipinski definition) is 2. The van der Waals surface area contributed by atoms with E-state index < -0.39 is 5.69 Å². The van der Waals surface area contributed by atoms with E-state index in [0.717, 1.165) is 18.4 Å². The molecule has 0 fully saturated rings. The third kappa shape index (κ3) is 3.10. The van der Waals surface area contributed by atoms with Gasteiger partial charge in [0.15, 0.2) is 0 Å². The van der Waals surface area contributed by atoms with Crippen LogP contribution in [-0.4, -0.2) is 14.3 Å². The van der Waals surface area contributed by atoms with Gasteiger partial charge in [0, 0.05) is 10.9 Å². The molecule has 0 unspecified atom stereocenters. The van der Waals surface area contributed by atoms with Crippen LogP contribution in [0.5, 0.6) is 0 Å². The third-order valence-electron chi connectivity index (χ3n) is 4.18. The molecule has 1 aromatic heterocycles. The number of aromatic amines is 1. The Morgan fingerprint density at radius 2 is 2.04 bits per heavy atom. The quantitative estimate of drug-likeness (QED) is 0.856. The summed E-state index contributed by atoms with van der Waals surface area (Å²) >= 11 is 5.86. The molecule has 0 radical (unpaired) electrons. The summed E-state index contributed by atoms with van der Waals surface area (Å²) in [5.41, 5.74) is 0.147. The standard InChI is InChI=1S/C17H18ClN3O2/c1-2-4-13-5-3-6-15(13)21-17(23)20(16(22)19-21)11-12-7-9-14(18)10-8-12/h2-3,5,7-10,13,15H,1,4,6,11H2,(H,19,22)/t13-,15-/m0/s1. The van der Waals surface area contributed by atoms with E-state index in [1.54, 1.807) is 12.1 Å². The summed E-state index contributed by atoms with van der Waals surface area (Å²) in [7, 11) is 0. The summed E-state index contributed by atoms with van der Waals surface area (Å²) in [5, 5.41) is 3.31. The Morgan fingerprint density at radius 1 is 1.30 bits per heavy atom. The van der Waals surface area contributed by atoms with Gasteiger partial charge in [0.25, 0.3) is 0 Å². The van der Waals surface area contributed by atoms with Gasteiger partial charge in [-0.1, -0.05) is 42.0 Å². The monoisotopic (exact) mass is 331 g/mol. The SMILES string of the molecule is C=CC[C@H]1C=CC[C@@H]1n1[nH]c(=O)n(Cc2ccc(Cl)cc2)c1=O. The van der Waals surface area contributed by atoms with Crippen molar-refractivity contribution in [1.29, 1.82) is 0 Å². The number of halogens is 1. The summed E-state index contributed by atoms with van der Waals surface area (Å²) in [6, 6.07) is 7.05. The average molecular weight is 332 g/mol. The van der Waals surface area contributed by atoms with E-state index in [1.165, 1.54) is 9.25 Å².